The molecule has 7 heteroatoms. The zero-order chi connectivity index (χ0) is 18.7. The average molecular weight is 372 g/mol. The molecule has 0 aliphatic rings. The van der Waals surface area contributed by atoms with Gasteiger partial charge in [0.05, 0.1) is 19.9 Å². The Hall–Kier alpha value is -2.99. The summed E-state index contributed by atoms with van der Waals surface area (Å²) in [5.41, 5.74) is 3.48. The number of anilines is 1. The molecule has 0 saturated carbocycles. The standard InChI is InChI=1S/C19H18ClN3O3/c1-11-4-5-12(20)8-14(11)15-10-16(23-22-15)19(24)21-13-6-7-17(25-2)18(9-13)26-3/h4-10H,1-3H3,(H,21,24)(H,22,23). The van der Waals surface area contributed by atoms with E-state index in [1.807, 2.05) is 25.1 Å². The first-order valence-corrected chi connectivity index (χ1v) is 8.25. The van der Waals surface area contributed by atoms with E-state index in [1.54, 1.807) is 31.4 Å². The van der Waals surface area contributed by atoms with Gasteiger partial charge in [-0.05, 0) is 42.8 Å². The predicted octanol–water partition coefficient (Wildman–Crippen LogP) is 4.31. The Labute approximate surface area is 156 Å². The molecule has 0 atom stereocenters. The monoisotopic (exact) mass is 371 g/mol. The topological polar surface area (TPSA) is 76.2 Å². The molecule has 2 aromatic carbocycles. The number of H-pyrrole nitrogens is 1. The summed E-state index contributed by atoms with van der Waals surface area (Å²) in [5.74, 6) is 0.812. The Morgan fingerprint density at radius 1 is 1.08 bits per heavy atom. The molecule has 134 valence electrons. The van der Waals surface area contributed by atoms with Crippen LogP contribution in [-0.4, -0.2) is 30.3 Å². The molecule has 0 spiro atoms. The number of carbonyl (C=O) groups excluding carboxylic acids is 1. The Morgan fingerprint density at radius 3 is 2.58 bits per heavy atom. The third-order valence-electron chi connectivity index (χ3n) is 3.94. The van der Waals surface area contributed by atoms with Gasteiger partial charge in [-0.25, -0.2) is 0 Å². The number of hydrogen-bond donors (Lipinski definition) is 2. The van der Waals surface area contributed by atoms with Gasteiger partial charge in [0.1, 0.15) is 5.69 Å². The quantitative estimate of drug-likeness (QED) is 0.700. The maximum atomic E-state index is 12.5. The van der Waals surface area contributed by atoms with Crippen molar-refractivity contribution in [2.75, 3.05) is 19.5 Å². The van der Waals surface area contributed by atoms with Crippen LogP contribution in [0.25, 0.3) is 11.3 Å². The highest BCUT2D eigenvalue weighted by Crippen LogP contribution is 2.30. The minimum Gasteiger partial charge on any atom is -0.493 e. The zero-order valence-corrected chi connectivity index (χ0v) is 15.3. The second-order valence-corrected chi connectivity index (χ2v) is 6.09. The van der Waals surface area contributed by atoms with Crippen molar-refractivity contribution in [2.24, 2.45) is 0 Å². The number of nitrogens with zero attached hydrogens (tertiary/aromatic N) is 1. The second-order valence-electron chi connectivity index (χ2n) is 5.65. The Balaban J connectivity index is 1.81. The molecular formula is C19H18ClN3O3. The minimum atomic E-state index is -0.310. The van der Waals surface area contributed by atoms with Gasteiger partial charge in [0.2, 0.25) is 0 Å². The molecule has 1 aromatic heterocycles. The van der Waals surface area contributed by atoms with Gasteiger partial charge in [-0.2, -0.15) is 5.10 Å². The minimum absolute atomic E-state index is 0.310. The number of amides is 1. The SMILES string of the molecule is COc1ccc(NC(=O)c2cc(-c3cc(Cl)ccc3C)n[nH]2)cc1OC. The largest absolute Gasteiger partial charge is 0.493 e. The Bertz CT molecular complexity index is 953. The lowest BCUT2D eigenvalue weighted by Crippen LogP contribution is -2.12. The van der Waals surface area contributed by atoms with E-state index in [9.17, 15) is 4.79 Å². The summed E-state index contributed by atoms with van der Waals surface area (Å²) in [6.07, 6.45) is 0. The van der Waals surface area contributed by atoms with Crippen molar-refractivity contribution < 1.29 is 14.3 Å². The van der Waals surface area contributed by atoms with Crippen LogP contribution >= 0.6 is 11.6 Å². The Morgan fingerprint density at radius 2 is 1.85 bits per heavy atom. The fourth-order valence-corrected chi connectivity index (χ4v) is 2.73. The third-order valence-corrected chi connectivity index (χ3v) is 4.17. The highest BCUT2D eigenvalue weighted by Gasteiger charge is 2.14. The van der Waals surface area contributed by atoms with Crippen LogP contribution in [0.5, 0.6) is 11.5 Å². The molecule has 1 heterocycles. The number of aryl methyl sites for hydroxylation is 1. The van der Waals surface area contributed by atoms with Crippen molar-refractivity contribution in [3.63, 3.8) is 0 Å². The van der Waals surface area contributed by atoms with Crippen molar-refractivity contribution in [3.8, 4) is 22.8 Å². The molecule has 3 aromatic rings. The summed E-state index contributed by atoms with van der Waals surface area (Å²) < 4.78 is 10.4. The van der Waals surface area contributed by atoms with Gasteiger partial charge in [0.15, 0.2) is 11.5 Å². The van der Waals surface area contributed by atoms with Crippen molar-refractivity contribution in [1.82, 2.24) is 10.2 Å². The number of halogens is 1. The molecule has 26 heavy (non-hydrogen) atoms. The maximum Gasteiger partial charge on any atom is 0.273 e. The molecule has 6 nitrogen and oxygen atoms in total. The van der Waals surface area contributed by atoms with Crippen molar-refractivity contribution in [1.29, 1.82) is 0 Å². The predicted molar refractivity (Wildman–Crippen MR) is 101 cm³/mol. The van der Waals surface area contributed by atoms with E-state index in [4.69, 9.17) is 21.1 Å². The number of ether oxygens (including phenoxy) is 2. The van der Waals surface area contributed by atoms with Crippen LogP contribution in [0.15, 0.2) is 42.5 Å². The van der Waals surface area contributed by atoms with Crippen molar-refractivity contribution in [3.05, 3.63) is 58.7 Å². The van der Waals surface area contributed by atoms with Crippen LogP contribution < -0.4 is 14.8 Å². The molecular weight excluding hydrogens is 354 g/mol. The van der Waals surface area contributed by atoms with Gasteiger partial charge in [-0.1, -0.05) is 17.7 Å². The van der Waals surface area contributed by atoms with E-state index >= 15 is 0 Å². The van der Waals surface area contributed by atoms with Crippen LogP contribution in [0.4, 0.5) is 5.69 Å². The first kappa shape index (κ1) is 17.8. The van der Waals surface area contributed by atoms with E-state index in [1.165, 1.54) is 7.11 Å². The number of nitrogens with one attached hydrogen (secondary N) is 2. The first-order chi connectivity index (χ1) is 12.5. The lowest BCUT2D eigenvalue weighted by Gasteiger charge is -2.10. The van der Waals surface area contributed by atoms with E-state index in [2.05, 4.69) is 15.5 Å². The third kappa shape index (κ3) is 3.65. The van der Waals surface area contributed by atoms with Gasteiger partial charge in [-0.3, -0.25) is 9.89 Å². The fraction of sp³-hybridized carbons (Fsp3) is 0.158. The van der Waals surface area contributed by atoms with Crippen LogP contribution in [0, 0.1) is 6.92 Å². The van der Waals surface area contributed by atoms with E-state index in [0.717, 1.165) is 11.1 Å². The summed E-state index contributed by atoms with van der Waals surface area (Å²) in [5, 5.41) is 10.4. The number of hydrogen-bond acceptors (Lipinski definition) is 4. The molecule has 0 fully saturated rings. The molecule has 0 bridgehead atoms. The molecule has 0 radical (unpaired) electrons. The normalized spacial score (nSPS) is 10.5. The van der Waals surface area contributed by atoms with Gasteiger partial charge in [-0.15, -0.1) is 0 Å². The fourth-order valence-electron chi connectivity index (χ4n) is 2.56. The Kier molecular flexibility index (Phi) is 5.14. The molecule has 0 unspecified atom stereocenters. The zero-order valence-electron chi connectivity index (χ0n) is 14.6. The number of rotatable bonds is 5. The van der Waals surface area contributed by atoms with Gasteiger partial charge in [0.25, 0.3) is 5.91 Å². The van der Waals surface area contributed by atoms with Crippen molar-refractivity contribution >= 4 is 23.2 Å². The smallest absolute Gasteiger partial charge is 0.273 e. The summed E-state index contributed by atoms with van der Waals surface area (Å²) in [6, 6.07) is 12.4. The summed E-state index contributed by atoms with van der Waals surface area (Å²) in [6.45, 7) is 1.96. The van der Waals surface area contributed by atoms with Crippen LogP contribution in [0.3, 0.4) is 0 Å². The van der Waals surface area contributed by atoms with Gasteiger partial charge < -0.3 is 14.8 Å². The van der Waals surface area contributed by atoms with E-state index in [-0.39, 0.29) is 5.91 Å². The lowest BCUT2D eigenvalue weighted by atomic mass is 10.1. The molecule has 2 N–H and O–H groups in total. The second kappa shape index (κ2) is 7.49. The summed E-state index contributed by atoms with van der Waals surface area (Å²) in [7, 11) is 3.10. The average Bonchev–Trinajstić information content (AvgIpc) is 3.13. The highest BCUT2D eigenvalue weighted by atomic mass is 35.5. The summed E-state index contributed by atoms with van der Waals surface area (Å²) >= 11 is 6.06. The number of benzene rings is 2. The molecule has 1 amide bonds. The first-order valence-electron chi connectivity index (χ1n) is 7.87. The van der Waals surface area contributed by atoms with Crippen molar-refractivity contribution in [2.45, 2.75) is 6.92 Å². The van der Waals surface area contributed by atoms with E-state index in [0.29, 0.717) is 33.6 Å². The molecule has 0 aliphatic carbocycles. The lowest BCUT2D eigenvalue weighted by molar-refractivity contribution is 0.102. The van der Waals surface area contributed by atoms with Crippen LogP contribution in [-0.2, 0) is 0 Å². The van der Waals surface area contributed by atoms with Crippen LogP contribution in [0.2, 0.25) is 5.02 Å². The summed E-state index contributed by atoms with van der Waals surface area (Å²) in [4.78, 5) is 12.5. The van der Waals surface area contributed by atoms with Gasteiger partial charge in [0, 0.05) is 22.3 Å². The number of methoxy groups -OCH3 is 2. The maximum absolute atomic E-state index is 12.5. The van der Waals surface area contributed by atoms with Gasteiger partial charge >= 0.3 is 0 Å². The number of aromatic nitrogens is 2. The highest BCUT2D eigenvalue weighted by molar-refractivity contribution is 6.30. The number of aromatic amines is 1. The van der Waals surface area contributed by atoms with Crippen LogP contribution in [0.1, 0.15) is 16.1 Å². The van der Waals surface area contributed by atoms with E-state index < -0.39 is 0 Å². The molecule has 0 saturated heterocycles. The molecule has 3 rings (SSSR count). The molecule has 0 aliphatic heterocycles. The number of carbonyl (C=O) groups is 1.